The molecule has 0 bridgehead atoms. The quantitative estimate of drug-likeness (QED) is 0.826. The number of H-pyrrole nitrogens is 1. The first kappa shape index (κ1) is 18.0. The van der Waals surface area contributed by atoms with Gasteiger partial charge in [0, 0.05) is 19.8 Å². The van der Waals surface area contributed by atoms with E-state index in [0.29, 0.717) is 27.4 Å². The van der Waals surface area contributed by atoms with E-state index in [9.17, 15) is 4.79 Å². The van der Waals surface area contributed by atoms with Crippen molar-refractivity contribution in [1.82, 2.24) is 14.9 Å². The monoisotopic (exact) mass is 396 g/mol. The molecule has 2 fully saturated rings. The maximum atomic E-state index is 12.8. The molecule has 140 valence electrons. The predicted molar refractivity (Wildman–Crippen MR) is 103 cm³/mol. The zero-order valence-electron chi connectivity index (χ0n) is 14.4. The lowest BCUT2D eigenvalue weighted by atomic mass is 9.99. The zero-order chi connectivity index (χ0) is 18.1. The molecule has 2 aliphatic rings. The summed E-state index contributed by atoms with van der Waals surface area (Å²) in [5.74, 6) is 1.04. The zero-order valence-corrected chi connectivity index (χ0v) is 15.9. The van der Waals surface area contributed by atoms with Gasteiger partial charge in [-0.2, -0.15) is 0 Å². The third-order valence-corrected chi connectivity index (χ3v) is 5.99. The van der Waals surface area contributed by atoms with E-state index in [0.717, 1.165) is 57.5 Å². The third kappa shape index (κ3) is 3.83. The van der Waals surface area contributed by atoms with Crippen molar-refractivity contribution in [1.29, 1.82) is 0 Å². The van der Waals surface area contributed by atoms with E-state index in [1.165, 1.54) is 0 Å². The molecule has 2 saturated heterocycles. The van der Waals surface area contributed by atoms with Gasteiger partial charge in [-0.15, -0.1) is 0 Å². The summed E-state index contributed by atoms with van der Waals surface area (Å²) in [6.45, 7) is 3.60. The highest BCUT2D eigenvalue weighted by molar-refractivity contribution is 6.42. The molecule has 8 heteroatoms. The molecule has 4 rings (SSSR count). The molecule has 3 heterocycles. The molecule has 1 aromatic heterocycles. The van der Waals surface area contributed by atoms with Gasteiger partial charge in [0.15, 0.2) is 0 Å². The van der Waals surface area contributed by atoms with Gasteiger partial charge in [0.2, 0.25) is 11.9 Å². The van der Waals surface area contributed by atoms with Gasteiger partial charge in [-0.25, -0.2) is 4.98 Å². The van der Waals surface area contributed by atoms with Crippen LogP contribution in [0.2, 0.25) is 10.0 Å². The molecule has 2 aliphatic heterocycles. The lowest BCUT2D eigenvalue weighted by Crippen LogP contribution is -2.42. The number of carbonyl (C=O) groups excluding carboxylic acids is 1. The van der Waals surface area contributed by atoms with Crippen molar-refractivity contribution in [2.45, 2.75) is 31.7 Å². The van der Waals surface area contributed by atoms with E-state index in [4.69, 9.17) is 27.9 Å². The Hall–Kier alpha value is -1.34. The Morgan fingerprint density at radius 1 is 1.27 bits per heavy atom. The van der Waals surface area contributed by atoms with Gasteiger partial charge in [0.05, 0.1) is 27.1 Å². The number of nitrogens with zero attached hydrogens (tertiary/aromatic N) is 2. The van der Waals surface area contributed by atoms with Gasteiger partial charge < -0.3 is 9.72 Å². The van der Waals surface area contributed by atoms with Crippen molar-refractivity contribution < 1.29 is 9.53 Å². The summed E-state index contributed by atoms with van der Waals surface area (Å²) in [6.07, 6.45) is 4.09. The van der Waals surface area contributed by atoms with E-state index < -0.39 is 0 Å². The number of likely N-dealkylation sites (tertiary alicyclic amines) is 1. The molecule has 0 aliphatic carbocycles. The summed E-state index contributed by atoms with van der Waals surface area (Å²) in [7, 11) is 0. The summed E-state index contributed by atoms with van der Waals surface area (Å²) in [6, 6.07) is 3.31. The number of aromatic amines is 1. The SMILES string of the molecule is O=C(Nc1nc2cc(Cl)c(Cl)cc2[nH]1)[C@@H]1CCCN1CC1CCOCC1. The minimum atomic E-state index is -0.0989. The van der Waals surface area contributed by atoms with Crippen LogP contribution in [0.3, 0.4) is 0 Å². The van der Waals surface area contributed by atoms with Crippen molar-refractivity contribution >= 4 is 46.1 Å². The Kier molecular flexibility index (Phi) is 5.36. The number of hydrogen-bond acceptors (Lipinski definition) is 4. The lowest BCUT2D eigenvalue weighted by molar-refractivity contribution is -0.120. The molecule has 0 spiro atoms. The summed E-state index contributed by atoms with van der Waals surface area (Å²) in [4.78, 5) is 22.6. The van der Waals surface area contributed by atoms with Crippen molar-refractivity contribution in [3.8, 4) is 0 Å². The topological polar surface area (TPSA) is 70.2 Å². The molecule has 2 N–H and O–H groups in total. The number of halogens is 2. The van der Waals surface area contributed by atoms with Gasteiger partial charge in [0.1, 0.15) is 0 Å². The molecule has 1 amide bonds. The average molecular weight is 397 g/mol. The molecular weight excluding hydrogens is 375 g/mol. The molecule has 1 atom stereocenters. The minimum Gasteiger partial charge on any atom is -0.381 e. The smallest absolute Gasteiger partial charge is 0.244 e. The van der Waals surface area contributed by atoms with Gasteiger partial charge in [-0.1, -0.05) is 23.2 Å². The normalized spacial score (nSPS) is 22.2. The van der Waals surface area contributed by atoms with E-state index in [1.807, 2.05) is 0 Å². The Labute approximate surface area is 162 Å². The van der Waals surface area contributed by atoms with Crippen molar-refractivity contribution in [3.63, 3.8) is 0 Å². The van der Waals surface area contributed by atoms with Gasteiger partial charge in [0.25, 0.3) is 0 Å². The summed E-state index contributed by atoms with van der Waals surface area (Å²) in [5, 5.41) is 3.83. The molecule has 2 aromatic rings. The van der Waals surface area contributed by atoms with Gasteiger partial charge in [-0.05, 0) is 50.3 Å². The highest BCUT2D eigenvalue weighted by Gasteiger charge is 2.32. The van der Waals surface area contributed by atoms with E-state index in [-0.39, 0.29) is 11.9 Å². The standard InChI is InChI=1S/C18H22Cl2N4O2/c19-12-8-14-15(9-13(12)20)22-18(21-14)23-17(25)16-2-1-5-24(16)10-11-3-6-26-7-4-11/h8-9,11,16H,1-7,10H2,(H2,21,22,23,25)/t16-/m0/s1. The van der Waals surface area contributed by atoms with E-state index in [1.54, 1.807) is 12.1 Å². The fraction of sp³-hybridized carbons (Fsp3) is 0.556. The van der Waals surface area contributed by atoms with Gasteiger partial charge >= 0.3 is 0 Å². The molecule has 6 nitrogen and oxygen atoms in total. The highest BCUT2D eigenvalue weighted by Crippen LogP contribution is 2.28. The van der Waals surface area contributed by atoms with Crippen LogP contribution in [0.15, 0.2) is 12.1 Å². The first-order chi connectivity index (χ1) is 12.6. The second-order valence-electron chi connectivity index (χ2n) is 7.07. The molecule has 0 saturated carbocycles. The number of rotatable bonds is 4. The number of hydrogen-bond donors (Lipinski definition) is 2. The Morgan fingerprint density at radius 2 is 2.04 bits per heavy atom. The number of aromatic nitrogens is 2. The number of nitrogens with one attached hydrogen (secondary N) is 2. The van der Waals surface area contributed by atoms with Crippen LogP contribution in [0.25, 0.3) is 11.0 Å². The molecular formula is C18H22Cl2N4O2. The lowest BCUT2D eigenvalue weighted by Gasteiger charge is -2.30. The second kappa shape index (κ2) is 7.72. The number of benzene rings is 1. The number of anilines is 1. The highest BCUT2D eigenvalue weighted by atomic mass is 35.5. The van der Waals surface area contributed by atoms with Crippen molar-refractivity contribution in [3.05, 3.63) is 22.2 Å². The van der Waals surface area contributed by atoms with E-state index >= 15 is 0 Å². The van der Waals surface area contributed by atoms with Crippen molar-refractivity contribution in [2.75, 3.05) is 31.6 Å². The largest absolute Gasteiger partial charge is 0.381 e. The van der Waals surface area contributed by atoms with Crippen LogP contribution in [0, 0.1) is 5.92 Å². The van der Waals surface area contributed by atoms with Crippen LogP contribution in [0.5, 0.6) is 0 Å². The van der Waals surface area contributed by atoms with E-state index in [2.05, 4.69) is 20.2 Å². The maximum absolute atomic E-state index is 12.8. The minimum absolute atomic E-state index is 0.00851. The number of ether oxygens (including phenoxy) is 1. The Bertz CT molecular complexity index is 765. The number of amides is 1. The Morgan fingerprint density at radius 3 is 2.85 bits per heavy atom. The first-order valence-corrected chi connectivity index (χ1v) is 9.83. The molecule has 0 unspecified atom stereocenters. The number of fused-ring (bicyclic) bond motifs is 1. The third-order valence-electron chi connectivity index (χ3n) is 5.27. The van der Waals surface area contributed by atoms with Crippen LogP contribution in [0.1, 0.15) is 25.7 Å². The maximum Gasteiger partial charge on any atom is 0.244 e. The van der Waals surface area contributed by atoms with Crippen LogP contribution in [0.4, 0.5) is 5.95 Å². The van der Waals surface area contributed by atoms with Crippen LogP contribution < -0.4 is 5.32 Å². The second-order valence-corrected chi connectivity index (χ2v) is 7.88. The molecule has 26 heavy (non-hydrogen) atoms. The summed E-state index contributed by atoms with van der Waals surface area (Å²) in [5.41, 5.74) is 1.43. The van der Waals surface area contributed by atoms with Crippen LogP contribution in [-0.4, -0.2) is 53.1 Å². The van der Waals surface area contributed by atoms with Crippen LogP contribution in [-0.2, 0) is 9.53 Å². The predicted octanol–water partition coefficient (Wildman–Crippen LogP) is 3.70. The average Bonchev–Trinajstić information content (AvgIpc) is 3.23. The number of imidazole rings is 1. The molecule has 0 radical (unpaired) electrons. The summed E-state index contributed by atoms with van der Waals surface area (Å²) >= 11 is 12.1. The first-order valence-electron chi connectivity index (χ1n) is 9.07. The van der Waals surface area contributed by atoms with Crippen molar-refractivity contribution in [2.24, 2.45) is 5.92 Å². The fourth-order valence-corrected chi connectivity index (χ4v) is 4.19. The molecule has 1 aromatic carbocycles. The number of carbonyl (C=O) groups is 1. The fourth-order valence-electron chi connectivity index (χ4n) is 3.87. The van der Waals surface area contributed by atoms with Gasteiger partial charge in [-0.3, -0.25) is 15.0 Å². The Balaban J connectivity index is 1.43. The summed E-state index contributed by atoms with van der Waals surface area (Å²) < 4.78 is 5.43. The van der Waals surface area contributed by atoms with Crippen LogP contribution >= 0.6 is 23.2 Å².